The molecule has 0 radical (unpaired) electrons. The fourth-order valence-electron chi connectivity index (χ4n) is 3.26. The van der Waals surface area contributed by atoms with E-state index in [0.29, 0.717) is 33.9 Å². The molecule has 4 aromatic rings. The van der Waals surface area contributed by atoms with Crippen molar-refractivity contribution in [3.63, 3.8) is 0 Å². The Labute approximate surface area is 218 Å². The summed E-state index contributed by atoms with van der Waals surface area (Å²) in [6, 6.07) is 25.3. The lowest BCUT2D eigenvalue weighted by Gasteiger charge is -2.09. The number of carbonyl (C=O) groups excluding carboxylic acids is 2. The minimum atomic E-state index is -0.454. The number of nitrogens with zero attached hydrogens (tertiary/aromatic N) is 2. The number of anilines is 2. The maximum atomic E-state index is 13.1. The van der Waals surface area contributed by atoms with Crippen molar-refractivity contribution in [3.8, 4) is 0 Å². The molecule has 2 amide bonds. The highest BCUT2D eigenvalue weighted by Crippen LogP contribution is 2.30. The number of halogens is 2. The lowest BCUT2D eigenvalue weighted by atomic mass is 10.2. The molecule has 2 N–H and O–H groups in total. The number of carbonyl (C=O) groups is 2. The first-order valence-corrected chi connectivity index (χ1v) is 11.5. The zero-order valence-electron chi connectivity index (χ0n) is 20.0. The zero-order chi connectivity index (χ0) is 26.7. The Hall–Kier alpha value is -5.24. The number of benzene rings is 4. The largest absolute Gasteiger partial charge is 0.322 e. The fourth-order valence-corrected chi connectivity index (χ4v) is 3.26. The first-order chi connectivity index (χ1) is 18.4. The van der Waals surface area contributed by atoms with E-state index >= 15 is 0 Å². The van der Waals surface area contributed by atoms with Crippen LogP contribution in [0.3, 0.4) is 0 Å². The summed E-state index contributed by atoms with van der Waals surface area (Å²) in [6.07, 6.45) is 5.73. The maximum Gasteiger partial charge on any atom is 0.248 e. The zero-order valence-corrected chi connectivity index (χ0v) is 20.0. The molecule has 38 heavy (non-hydrogen) atoms. The van der Waals surface area contributed by atoms with Gasteiger partial charge in [0.1, 0.15) is 17.3 Å². The van der Waals surface area contributed by atoms with Crippen LogP contribution in [-0.2, 0) is 9.59 Å². The van der Waals surface area contributed by atoms with E-state index in [1.807, 2.05) is 18.2 Å². The normalized spacial score (nSPS) is 11.3. The molecule has 4 aromatic carbocycles. The second kappa shape index (κ2) is 12.6. The monoisotopic (exact) mass is 508 g/mol. The van der Waals surface area contributed by atoms with E-state index in [9.17, 15) is 18.4 Å². The van der Waals surface area contributed by atoms with Crippen LogP contribution in [0.15, 0.2) is 119 Å². The van der Waals surface area contributed by atoms with Crippen molar-refractivity contribution in [1.82, 2.24) is 0 Å². The van der Waals surface area contributed by atoms with Gasteiger partial charge in [-0.15, -0.1) is 5.11 Å². The highest BCUT2D eigenvalue weighted by atomic mass is 19.1. The van der Waals surface area contributed by atoms with Gasteiger partial charge in [0.15, 0.2) is 0 Å². The molecule has 188 valence electrons. The lowest BCUT2D eigenvalue weighted by molar-refractivity contribution is -0.112. The van der Waals surface area contributed by atoms with Gasteiger partial charge in [-0.1, -0.05) is 42.5 Å². The van der Waals surface area contributed by atoms with Crippen molar-refractivity contribution in [2.24, 2.45) is 10.2 Å². The number of amides is 2. The average Bonchev–Trinajstić information content (AvgIpc) is 2.92. The minimum Gasteiger partial charge on any atom is -0.322 e. The van der Waals surface area contributed by atoms with Crippen molar-refractivity contribution >= 4 is 46.7 Å². The summed E-state index contributed by atoms with van der Waals surface area (Å²) in [7, 11) is 0. The van der Waals surface area contributed by atoms with Gasteiger partial charge < -0.3 is 10.6 Å². The van der Waals surface area contributed by atoms with Crippen LogP contribution in [0.25, 0.3) is 12.2 Å². The molecule has 0 aliphatic carbocycles. The first-order valence-electron chi connectivity index (χ1n) is 11.5. The van der Waals surface area contributed by atoms with Crippen LogP contribution >= 0.6 is 0 Å². The van der Waals surface area contributed by atoms with Crippen molar-refractivity contribution in [1.29, 1.82) is 0 Å². The molecular weight excluding hydrogens is 486 g/mol. The molecule has 0 aliphatic heterocycles. The minimum absolute atomic E-state index is 0.318. The van der Waals surface area contributed by atoms with E-state index in [-0.39, 0.29) is 11.6 Å². The van der Waals surface area contributed by atoms with Crippen LogP contribution in [-0.4, -0.2) is 11.8 Å². The third kappa shape index (κ3) is 7.89. The SMILES string of the molecule is O=C(/C=C/c1ccc(F)cc1)Nc1ccc(N=Nc2ccccc2)c(NC(=O)/C=C/c2ccc(F)cc2)c1. The summed E-state index contributed by atoms with van der Waals surface area (Å²) < 4.78 is 26.2. The molecule has 0 unspecified atom stereocenters. The smallest absolute Gasteiger partial charge is 0.248 e. The van der Waals surface area contributed by atoms with Gasteiger partial charge >= 0.3 is 0 Å². The lowest BCUT2D eigenvalue weighted by Crippen LogP contribution is -2.10. The van der Waals surface area contributed by atoms with Gasteiger partial charge in [0.25, 0.3) is 0 Å². The summed E-state index contributed by atoms with van der Waals surface area (Å²) in [4.78, 5) is 25.1. The topological polar surface area (TPSA) is 82.9 Å². The molecular formula is C30H22F2N4O2. The van der Waals surface area contributed by atoms with Gasteiger partial charge in [-0.05, 0) is 77.9 Å². The summed E-state index contributed by atoms with van der Waals surface area (Å²) in [5.74, 6) is -1.60. The third-order valence-corrected chi connectivity index (χ3v) is 5.15. The quantitative estimate of drug-likeness (QED) is 0.189. The van der Waals surface area contributed by atoms with E-state index < -0.39 is 11.8 Å². The molecule has 0 aromatic heterocycles. The molecule has 0 saturated heterocycles. The van der Waals surface area contributed by atoms with E-state index in [1.54, 1.807) is 66.7 Å². The van der Waals surface area contributed by atoms with Gasteiger partial charge in [0.2, 0.25) is 11.8 Å². The number of nitrogens with one attached hydrogen (secondary N) is 2. The van der Waals surface area contributed by atoms with E-state index in [0.717, 1.165) is 0 Å². The van der Waals surface area contributed by atoms with Crippen molar-refractivity contribution in [2.45, 2.75) is 0 Å². The van der Waals surface area contributed by atoms with Crippen LogP contribution in [0.2, 0.25) is 0 Å². The Kier molecular flexibility index (Phi) is 8.60. The van der Waals surface area contributed by atoms with Crippen LogP contribution < -0.4 is 10.6 Å². The van der Waals surface area contributed by atoms with Gasteiger partial charge in [0, 0.05) is 17.8 Å². The second-order valence-electron chi connectivity index (χ2n) is 8.02. The molecule has 0 bridgehead atoms. The molecule has 4 rings (SSSR count). The number of hydrogen-bond donors (Lipinski definition) is 2. The molecule has 0 aliphatic rings. The molecule has 0 fully saturated rings. The summed E-state index contributed by atoms with van der Waals surface area (Å²) in [5.41, 5.74) is 3.05. The van der Waals surface area contributed by atoms with E-state index in [1.165, 1.54) is 36.4 Å². The van der Waals surface area contributed by atoms with Crippen molar-refractivity contribution in [2.75, 3.05) is 10.6 Å². The maximum absolute atomic E-state index is 13.1. The molecule has 0 heterocycles. The predicted octanol–water partition coefficient (Wildman–Crippen LogP) is 7.68. The third-order valence-electron chi connectivity index (χ3n) is 5.15. The Bertz CT molecular complexity index is 1500. The van der Waals surface area contributed by atoms with Crippen LogP contribution in [0.5, 0.6) is 0 Å². The Morgan fingerprint density at radius 1 is 0.632 bits per heavy atom. The Morgan fingerprint density at radius 2 is 1.18 bits per heavy atom. The van der Waals surface area contributed by atoms with Crippen molar-refractivity contribution in [3.05, 3.63) is 132 Å². The Morgan fingerprint density at radius 3 is 1.76 bits per heavy atom. The first kappa shape index (κ1) is 25.8. The number of rotatable bonds is 8. The van der Waals surface area contributed by atoms with Crippen molar-refractivity contribution < 1.29 is 18.4 Å². The number of azo groups is 1. The predicted molar refractivity (Wildman–Crippen MR) is 145 cm³/mol. The van der Waals surface area contributed by atoms with Gasteiger partial charge in [-0.3, -0.25) is 9.59 Å². The fraction of sp³-hybridized carbons (Fsp3) is 0. The summed E-state index contributed by atoms with van der Waals surface area (Å²) in [5, 5.41) is 13.9. The average molecular weight is 509 g/mol. The van der Waals surface area contributed by atoms with E-state index in [2.05, 4.69) is 20.9 Å². The second-order valence-corrected chi connectivity index (χ2v) is 8.02. The molecule has 0 saturated carbocycles. The van der Waals surface area contributed by atoms with Crippen LogP contribution in [0.4, 0.5) is 31.5 Å². The van der Waals surface area contributed by atoms with Gasteiger partial charge in [-0.2, -0.15) is 5.11 Å². The summed E-state index contributed by atoms with van der Waals surface area (Å²) in [6.45, 7) is 0. The molecule has 8 heteroatoms. The molecule has 6 nitrogen and oxygen atoms in total. The highest BCUT2D eigenvalue weighted by molar-refractivity contribution is 6.05. The molecule has 0 atom stereocenters. The van der Waals surface area contributed by atoms with E-state index in [4.69, 9.17) is 0 Å². The van der Waals surface area contributed by atoms with Crippen LogP contribution in [0.1, 0.15) is 11.1 Å². The standard InChI is InChI=1S/C30H22F2N4O2/c31-23-12-6-21(7-13-23)10-18-29(37)33-26-16-17-27(36-35-25-4-2-1-3-5-25)28(20-26)34-30(38)19-11-22-8-14-24(32)15-9-22/h1-20H,(H,33,37)(H,34,38)/b18-10+,19-11+,36-35?. The Balaban J connectivity index is 1.52. The molecule has 0 spiro atoms. The van der Waals surface area contributed by atoms with Crippen LogP contribution in [0, 0.1) is 11.6 Å². The van der Waals surface area contributed by atoms with Gasteiger partial charge in [-0.25, -0.2) is 8.78 Å². The number of hydrogen-bond acceptors (Lipinski definition) is 4. The highest BCUT2D eigenvalue weighted by Gasteiger charge is 2.08. The van der Waals surface area contributed by atoms with Gasteiger partial charge in [0.05, 0.1) is 11.4 Å². The summed E-state index contributed by atoms with van der Waals surface area (Å²) >= 11 is 0.